The number of fused-ring (bicyclic) bond motifs is 2. The van der Waals surface area contributed by atoms with E-state index in [0.717, 1.165) is 29.7 Å². The molecule has 1 fully saturated rings. The van der Waals surface area contributed by atoms with Crippen LogP contribution in [0.15, 0.2) is 48.7 Å². The highest BCUT2D eigenvalue weighted by Gasteiger charge is 2.24. The Bertz CT molecular complexity index is 1170. The maximum atomic E-state index is 14.1. The number of nitrogens with one attached hydrogen (secondary N) is 1. The molecule has 1 aliphatic rings. The van der Waals surface area contributed by atoms with Gasteiger partial charge in [0.2, 0.25) is 0 Å². The van der Waals surface area contributed by atoms with Gasteiger partial charge in [-0.1, -0.05) is 6.07 Å². The second-order valence-corrected chi connectivity index (χ2v) is 7.67. The van der Waals surface area contributed by atoms with Gasteiger partial charge >= 0.3 is 0 Å². The van der Waals surface area contributed by atoms with Crippen LogP contribution in [-0.4, -0.2) is 53.1 Å². The first-order chi connectivity index (χ1) is 13.6. The van der Waals surface area contributed by atoms with Gasteiger partial charge < -0.3 is 14.8 Å². The lowest BCUT2D eigenvalue weighted by atomic mass is 10.1. The number of aromatic nitrogens is 3. The molecular formula is C22H22FN5. The van der Waals surface area contributed by atoms with Gasteiger partial charge in [-0.3, -0.25) is 4.98 Å². The normalized spacial score (nSPS) is 17.3. The lowest BCUT2D eigenvalue weighted by molar-refractivity contribution is 0.315. The van der Waals surface area contributed by atoms with Crippen molar-refractivity contribution >= 4 is 27.6 Å². The Hall–Kier alpha value is -2.99. The Kier molecular flexibility index (Phi) is 4.02. The Morgan fingerprint density at radius 3 is 2.86 bits per heavy atom. The van der Waals surface area contributed by atoms with Crippen LogP contribution in [0.1, 0.15) is 6.42 Å². The summed E-state index contributed by atoms with van der Waals surface area (Å²) in [5.74, 6) is 0.437. The summed E-state index contributed by atoms with van der Waals surface area (Å²) in [6, 6.07) is 13.7. The number of hydrogen-bond donors (Lipinski definition) is 1. The van der Waals surface area contributed by atoms with E-state index in [4.69, 9.17) is 4.98 Å². The highest BCUT2D eigenvalue weighted by Crippen LogP contribution is 2.28. The van der Waals surface area contributed by atoms with Crippen molar-refractivity contribution in [3.05, 3.63) is 54.5 Å². The van der Waals surface area contributed by atoms with E-state index in [1.165, 1.54) is 18.2 Å². The molecule has 1 atom stereocenters. The van der Waals surface area contributed by atoms with Gasteiger partial charge in [0.25, 0.3) is 0 Å². The quantitative estimate of drug-likeness (QED) is 0.587. The summed E-state index contributed by atoms with van der Waals surface area (Å²) in [5.41, 5.74) is 4.50. The van der Waals surface area contributed by atoms with Crippen LogP contribution in [0.5, 0.6) is 0 Å². The van der Waals surface area contributed by atoms with Crippen molar-refractivity contribution in [3.63, 3.8) is 0 Å². The van der Waals surface area contributed by atoms with E-state index in [9.17, 15) is 4.39 Å². The van der Waals surface area contributed by atoms with Crippen molar-refractivity contribution in [3.8, 4) is 11.4 Å². The number of benzene rings is 2. The molecule has 3 heterocycles. The number of H-pyrrole nitrogens is 1. The van der Waals surface area contributed by atoms with Gasteiger partial charge in [0.05, 0.1) is 16.6 Å². The van der Waals surface area contributed by atoms with Crippen LogP contribution in [-0.2, 0) is 0 Å². The average Bonchev–Trinajstić information content (AvgIpc) is 3.35. The molecular weight excluding hydrogens is 353 g/mol. The smallest absolute Gasteiger partial charge is 0.140 e. The number of hydrogen-bond acceptors (Lipinski definition) is 4. The first kappa shape index (κ1) is 17.1. The molecule has 6 heteroatoms. The molecule has 5 nitrogen and oxygen atoms in total. The maximum absolute atomic E-state index is 14.1. The van der Waals surface area contributed by atoms with Crippen LogP contribution >= 0.6 is 0 Å². The van der Waals surface area contributed by atoms with Crippen molar-refractivity contribution in [1.29, 1.82) is 0 Å². The molecule has 0 bridgehead atoms. The zero-order valence-electron chi connectivity index (χ0n) is 16.0. The first-order valence-corrected chi connectivity index (χ1v) is 9.54. The van der Waals surface area contributed by atoms with Crippen LogP contribution in [0.2, 0.25) is 0 Å². The summed E-state index contributed by atoms with van der Waals surface area (Å²) in [7, 11) is 4.27. The molecule has 4 aromatic rings. The Labute approximate surface area is 162 Å². The number of rotatable bonds is 3. The predicted molar refractivity (Wildman–Crippen MR) is 111 cm³/mol. The second-order valence-electron chi connectivity index (χ2n) is 7.67. The van der Waals surface area contributed by atoms with Gasteiger partial charge in [0.15, 0.2) is 0 Å². The van der Waals surface area contributed by atoms with Crippen molar-refractivity contribution < 1.29 is 4.39 Å². The monoisotopic (exact) mass is 375 g/mol. The van der Waals surface area contributed by atoms with Crippen molar-refractivity contribution in [2.45, 2.75) is 12.5 Å². The van der Waals surface area contributed by atoms with Crippen LogP contribution in [0, 0.1) is 5.82 Å². The second kappa shape index (κ2) is 6.56. The van der Waals surface area contributed by atoms with Crippen LogP contribution in [0.25, 0.3) is 33.3 Å². The number of pyridine rings is 1. The first-order valence-electron chi connectivity index (χ1n) is 9.54. The minimum Gasteiger partial charge on any atom is -0.370 e. The van der Waals surface area contributed by atoms with Gasteiger partial charge in [-0.05, 0) is 56.9 Å². The summed E-state index contributed by atoms with van der Waals surface area (Å²) in [4.78, 5) is 17.2. The zero-order valence-corrected chi connectivity index (χ0v) is 16.0. The van der Waals surface area contributed by atoms with Crippen molar-refractivity contribution in [2.24, 2.45) is 0 Å². The summed E-state index contributed by atoms with van der Waals surface area (Å²) >= 11 is 0. The van der Waals surface area contributed by atoms with Crippen molar-refractivity contribution in [2.75, 3.05) is 32.1 Å². The van der Waals surface area contributed by atoms with E-state index in [0.29, 0.717) is 22.8 Å². The molecule has 2 aromatic heterocycles. The standard InChI is InChI=1S/C22H22FN5/c1-27(2)16-8-9-28(13-16)15-6-7-20-21(11-15)26-22(25-20)14-10-17-18(23)4-3-5-19(17)24-12-14/h3-7,10-12,16H,8-9,13H2,1-2H3,(H,25,26). The molecule has 28 heavy (non-hydrogen) atoms. The number of halogens is 1. The van der Waals surface area contributed by atoms with E-state index in [2.05, 4.69) is 52.1 Å². The molecule has 1 aliphatic heterocycles. The minimum atomic E-state index is -0.269. The number of likely N-dealkylation sites (N-methyl/N-ethyl adjacent to an activating group) is 1. The SMILES string of the molecule is CN(C)C1CCN(c2ccc3[nH]c(-c4cnc5cccc(F)c5c4)nc3c2)C1. The Morgan fingerprint density at radius 1 is 1.14 bits per heavy atom. The van der Waals surface area contributed by atoms with Crippen LogP contribution < -0.4 is 4.90 Å². The fraction of sp³-hybridized carbons (Fsp3) is 0.273. The Balaban J connectivity index is 1.50. The number of aromatic amines is 1. The minimum absolute atomic E-state index is 0.269. The van der Waals surface area contributed by atoms with Gasteiger partial charge in [-0.25, -0.2) is 9.37 Å². The molecule has 0 saturated carbocycles. The molecule has 0 aliphatic carbocycles. The highest BCUT2D eigenvalue weighted by molar-refractivity contribution is 5.86. The molecule has 0 spiro atoms. The third-order valence-electron chi connectivity index (χ3n) is 5.67. The lowest BCUT2D eigenvalue weighted by Crippen LogP contribution is -2.31. The van der Waals surface area contributed by atoms with Gasteiger partial charge in [0.1, 0.15) is 11.6 Å². The number of anilines is 1. The molecule has 2 aromatic carbocycles. The molecule has 0 amide bonds. The third kappa shape index (κ3) is 2.90. The number of nitrogens with zero attached hydrogens (tertiary/aromatic N) is 4. The van der Waals surface area contributed by atoms with E-state index in [1.807, 2.05) is 6.07 Å². The number of imidazole rings is 1. The summed E-state index contributed by atoms with van der Waals surface area (Å²) in [6.07, 6.45) is 2.91. The third-order valence-corrected chi connectivity index (χ3v) is 5.67. The molecule has 1 saturated heterocycles. The predicted octanol–water partition coefficient (Wildman–Crippen LogP) is 4.06. The summed E-state index contributed by atoms with van der Waals surface area (Å²) in [5, 5.41) is 0.507. The topological polar surface area (TPSA) is 48.0 Å². The lowest BCUT2D eigenvalue weighted by Gasteiger charge is -2.21. The van der Waals surface area contributed by atoms with E-state index >= 15 is 0 Å². The van der Waals surface area contributed by atoms with Crippen LogP contribution in [0.3, 0.4) is 0 Å². The van der Waals surface area contributed by atoms with Gasteiger partial charge in [0, 0.05) is 42.0 Å². The molecule has 5 rings (SSSR count). The highest BCUT2D eigenvalue weighted by atomic mass is 19.1. The molecule has 0 radical (unpaired) electrons. The van der Waals surface area contributed by atoms with Gasteiger partial charge in [-0.2, -0.15) is 0 Å². The van der Waals surface area contributed by atoms with E-state index in [1.54, 1.807) is 18.3 Å². The van der Waals surface area contributed by atoms with E-state index in [-0.39, 0.29) is 5.82 Å². The van der Waals surface area contributed by atoms with Crippen LogP contribution in [0.4, 0.5) is 10.1 Å². The molecule has 1 N–H and O–H groups in total. The Morgan fingerprint density at radius 2 is 2.04 bits per heavy atom. The van der Waals surface area contributed by atoms with Gasteiger partial charge in [-0.15, -0.1) is 0 Å². The molecule has 1 unspecified atom stereocenters. The zero-order chi connectivity index (χ0) is 19.3. The average molecular weight is 375 g/mol. The summed E-state index contributed by atoms with van der Waals surface area (Å²) in [6.45, 7) is 2.09. The van der Waals surface area contributed by atoms with E-state index < -0.39 is 0 Å². The maximum Gasteiger partial charge on any atom is 0.140 e. The largest absolute Gasteiger partial charge is 0.370 e. The summed E-state index contributed by atoms with van der Waals surface area (Å²) < 4.78 is 14.1. The molecule has 142 valence electrons. The fourth-order valence-corrected chi connectivity index (χ4v) is 3.97. The fourth-order valence-electron chi connectivity index (χ4n) is 3.97. The van der Waals surface area contributed by atoms with Crippen molar-refractivity contribution in [1.82, 2.24) is 19.9 Å².